The molecule has 1 nitrogen and oxygen atoms in total. The summed E-state index contributed by atoms with van der Waals surface area (Å²) >= 11 is 0. The predicted molar refractivity (Wildman–Crippen MR) is 235 cm³/mol. The second-order valence-electron chi connectivity index (χ2n) is 24.4. The molecule has 8 aliphatic rings. The molecular formula is C54H90O. The Balaban J connectivity index is 0.872. The van der Waals surface area contributed by atoms with Crippen molar-refractivity contribution in [3.63, 3.8) is 0 Å². The number of rotatable bonds is 12. The van der Waals surface area contributed by atoms with Crippen molar-refractivity contribution in [3.8, 4) is 0 Å². The van der Waals surface area contributed by atoms with Gasteiger partial charge in [-0.3, -0.25) is 0 Å². The third kappa shape index (κ3) is 7.27. The minimum absolute atomic E-state index is 0.428. The number of ether oxygens (including phenoxy) is 1. The first-order chi connectivity index (χ1) is 26.2. The Kier molecular flexibility index (Phi) is 11.8. The number of fused-ring (bicyclic) bond motifs is 10. The van der Waals surface area contributed by atoms with Gasteiger partial charge in [-0.1, -0.05) is 131 Å². The summed E-state index contributed by atoms with van der Waals surface area (Å²) in [6.45, 7) is 25.9. The highest BCUT2D eigenvalue weighted by molar-refractivity contribution is 5.27. The normalized spacial score (nSPS) is 47.5. The first-order valence-electron chi connectivity index (χ1n) is 25.2. The van der Waals surface area contributed by atoms with E-state index in [1.54, 1.807) is 0 Å². The molecule has 0 aromatic heterocycles. The van der Waals surface area contributed by atoms with Crippen LogP contribution < -0.4 is 0 Å². The molecule has 0 aromatic rings. The third-order valence-corrected chi connectivity index (χ3v) is 20.9. The van der Waals surface area contributed by atoms with E-state index in [1.165, 1.54) is 141 Å². The molecule has 0 aromatic carbocycles. The first kappa shape index (κ1) is 41.2. The van der Waals surface area contributed by atoms with Crippen LogP contribution in [0.3, 0.4) is 0 Å². The molecule has 55 heavy (non-hydrogen) atoms. The lowest BCUT2D eigenvalue weighted by Crippen LogP contribution is -2.52. The van der Waals surface area contributed by atoms with Gasteiger partial charge in [-0.2, -0.15) is 0 Å². The predicted octanol–water partition coefficient (Wildman–Crippen LogP) is 15.8. The van der Waals surface area contributed by atoms with Gasteiger partial charge in [0.1, 0.15) is 0 Å². The maximum Gasteiger partial charge on any atom is 0.0616 e. The molecule has 8 rings (SSSR count). The average molecular weight is 755 g/mol. The van der Waals surface area contributed by atoms with E-state index in [9.17, 15) is 0 Å². The molecule has 0 spiro atoms. The van der Waals surface area contributed by atoms with Gasteiger partial charge in [-0.25, -0.2) is 0 Å². The molecule has 8 aliphatic carbocycles. The van der Waals surface area contributed by atoms with Crippen LogP contribution in [0.5, 0.6) is 0 Å². The van der Waals surface area contributed by atoms with Crippen LogP contribution in [0.15, 0.2) is 23.3 Å². The smallest absolute Gasteiger partial charge is 0.0616 e. The van der Waals surface area contributed by atoms with E-state index in [4.69, 9.17) is 4.74 Å². The summed E-state index contributed by atoms with van der Waals surface area (Å²) in [5, 5.41) is 0. The van der Waals surface area contributed by atoms with Crippen LogP contribution in [0, 0.1) is 92.7 Å². The summed E-state index contributed by atoms with van der Waals surface area (Å²) in [5.41, 5.74) is 5.67. The van der Waals surface area contributed by atoms with Gasteiger partial charge in [0, 0.05) is 0 Å². The largest absolute Gasteiger partial charge is 0.374 e. The lowest BCUT2D eigenvalue weighted by atomic mass is 9.46. The van der Waals surface area contributed by atoms with E-state index < -0.39 is 0 Å². The monoisotopic (exact) mass is 755 g/mol. The zero-order valence-corrected chi connectivity index (χ0v) is 38.2. The van der Waals surface area contributed by atoms with Crippen LogP contribution in [0.25, 0.3) is 0 Å². The minimum Gasteiger partial charge on any atom is -0.374 e. The highest BCUT2D eigenvalue weighted by Gasteiger charge is 2.61. The zero-order valence-electron chi connectivity index (χ0n) is 38.2. The van der Waals surface area contributed by atoms with E-state index in [0.29, 0.717) is 33.9 Å². The molecule has 0 heterocycles. The lowest BCUT2D eigenvalue weighted by molar-refractivity contribution is -0.0927. The van der Waals surface area contributed by atoms with Crippen molar-refractivity contribution in [3.05, 3.63) is 23.3 Å². The standard InChI is InChI=1S/C54H90O/c1-35(2)13-11-15-37(5)45-21-23-47-43-19-17-39-33-41(25-29-51(39,7)49(43)27-31-53(45,47)9)55-42-26-30-52(8)40(34-42)18-20-44-48-24-22-46(38(6)16-12-14-36(3)4)54(48,10)32-28-50(44)52/h17-18,35-38,41-50H,11-16,19-34H2,1-10H3/t37-,38?,41+,42?,43+,44?,45-,46?,47+,48?,49+,50?,51+,52?,53-,54?/m1/s1. The van der Waals surface area contributed by atoms with Gasteiger partial charge in [0.25, 0.3) is 0 Å². The van der Waals surface area contributed by atoms with Gasteiger partial charge in [0.15, 0.2) is 0 Å². The molecule has 16 atom stereocenters. The fourth-order valence-electron chi connectivity index (χ4n) is 17.8. The summed E-state index contributed by atoms with van der Waals surface area (Å²) in [5.74, 6) is 11.1. The van der Waals surface area contributed by atoms with E-state index in [2.05, 4.69) is 81.4 Å². The van der Waals surface area contributed by atoms with Crippen molar-refractivity contribution in [2.45, 2.75) is 223 Å². The quantitative estimate of drug-likeness (QED) is 0.180. The molecule has 6 saturated carbocycles. The molecule has 0 bridgehead atoms. The van der Waals surface area contributed by atoms with Crippen LogP contribution in [0.1, 0.15) is 210 Å². The number of hydrogen-bond donors (Lipinski definition) is 0. The molecule has 6 fully saturated rings. The molecule has 0 N–H and O–H groups in total. The van der Waals surface area contributed by atoms with Crippen molar-refractivity contribution < 1.29 is 4.74 Å². The maximum absolute atomic E-state index is 7.26. The minimum atomic E-state index is 0.428. The maximum atomic E-state index is 7.26. The van der Waals surface area contributed by atoms with Crippen molar-refractivity contribution in [2.75, 3.05) is 0 Å². The molecule has 0 amide bonds. The third-order valence-electron chi connectivity index (χ3n) is 20.9. The zero-order chi connectivity index (χ0) is 38.9. The van der Waals surface area contributed by atoms with Crippen LogP contribution in [-0.4, -0.2) is 12.2 Å². The summed E-state index contributed by atoms with van der Waals surface area (Å²) < 4.78 is 7.26. The van der Waals surface area contributed by atoms with Crippen LogP contribution in [0.2, 0.25) is 0 Å². The highest BCUT2D eigenvalue weighted by atomic mass is 16.5. The first-order valence-corrected chi connectivity index (χ1v) is 25.2. The van der Waals surface area contributed by atoms with E-state index in [0.717, 1.165) is 71.0 Å². The summed E-state index contributed by atoms with van der Waals surface area (Å²) in [6, 6.07) is 0. The second kappa shape index (κ2) is 15.8. The number of hydrogen-bond acceptors (Lipinski definition) is 1. The topological polar surface area (TPSA) is 9.23 Å². The Morgan fingerprint density at radius 1 is 0.509 bits per heavy atom. The van der Waals surface area contributed by atoms with Gasteiger partial charge in [0.05, 0.1) is 12.2 Å². The lowest BCUT2D eigenvalue weighted by Gasteiger charge is -2.59. The van der Waals surface area contributed by atoms with Gasteiger partial charge in [-0.15, -0.1) is 0 Å². The van der Waals surface area contributed by atoms with Crippen molar-refractivity contribution in [1.82, 2.24) is 0 Å². The Bertz CT molecular complexity index is 1300. The van der Waals surface area contributed by atoms with Crippen molar-refractivity contribution in [1.29, 1.82) is 0 Å². The Labute approximate surface area is 342 Å². The van der Waals surface area contributed by atoms with Crippen molar-refractivity contribution >= 4 is 0 Å². The molecule has 0 saturated heterocycles. The van der Waals surface area contributed by atoms with Crippen LogP contribution >= 0.6 is 0 Å². The Morgan fingerprint density at radius 2 is 0.927 bits per heavy atom. The highest BCUT2D eigenvalue weighted by Crippen LogP contribution is 2.69. The Morgan fingerprint density at radius 3 is 1.33 bits per heavy atom. The van der Waals surface area contributed by atoms with Gasteiger partial charge in [0.2, 0.25) is 0 Å². The van der Waals surface area contributed by atoms with Crippen molar-refractivity contribution in [2.24, 2.45) is 92.7 Å². The average Bonchev–Trinajstić information content (AvgIpc) is 3.68. The molecule has 1 heteroatoms. The fraction of sp³-hybridized carbons (Fsp3) is 0.926. The summed E-state index contributed by atoms with van der Waals surface area (Å²) in [4.78, 5) is 0. The molecule has 312 valence electrons. The van der Waals surface area contributed by atoms with E-state index in [-0.39, 0.29) is 0 Å². The van der Waals surface area contributed by atoms with Gasteiger partial charge < -0.3 is 4.74 Å². The number of allylic oxidation sites excluding steroid dienone is 2. The summed E-state index contributed by atoms with van der Waals surface area (Å²) in [7, 11) is 0. The van der Waals surface area contributed by atoms with Gasteiger partial charge in [-0.05, 0) is 195 Å². The molecule has 0 radical (unpaired) electrons. The van der Waals surface area contributed by atoms with Gasteiger partial charge >= 0.3 is 0 Å². The SMILES string of the molecule is CC(C)CCCC(C)C1CCC2C3CC=C4CC(O[C@H]5CC[C@@]6(C)C(=CC[C@H]7[C@@H]8CC[C@H]([C@H](C)CCCC(C)C)[C@@]8(C)CC[C@@H]76)C5)CCC4(C)C3CCC12C. The molecule has 8 unspecified atom stereocenters. The van der Waals surface area contributed by atoms with Crippen LogP contribution in [-0.2, 0) is 4.74 Å². The molecular weight excluding hydrogens is 665 g/mol. The molecule has 0 aliphatic heterocycles. The van der Waals surface area contributed by atoms with E-state index in [1.807, 2.05) is 11.1 Å². The van der Waals surface area contributed by atoms with E-state index >= 15 is 0 Å². The fourth-order valence-corrected chi connectivity index (χ4v) is 17.8. The Hall–Kier alpha value is -0.560. The summed E-state index contributed by atoms with van der Waals surface area (Å²) in [6.07, 6.45) is 37.7. The second-order valence-corrected chi connectivity index (χ2v) is 24.4. The van der Waals surface area contributed by atoms with Crippen LogP contribution in [0.4, 0.5) is 0 Å².